The lowest BCUT2D eigenvalue weighted by atomic mass is 9.64. The molecule has 2 bridgehead atoms. The van der Waals surface area contributed by atoms with E-state index >= 15 is 0 Å². The summed E-state index contributed by atoms with van der Waals surface area (Å²) in [5.41, 5.74) is 3.31. The Labute approximate surface area is 292 Å². The van der Waals surface area contributed by atoms with Crippen LogP contribution < -0.4 is 14.4 Å². The van der Waals surface area contributed by atoms with E-state index in [1.165, 1.54) is 23.1 Å². The second kappa shape index (κ2) is 16.2. The number of ether oxygens (including phenoxy) is 1. The number of alkyl halides is 1. The van der Waals surface area contributed by atoms with Crippen molar-refractivity contribution in [2.24, 2.45) is 23.7 Å². The van der Waals surface area contributed by atoms with E-state index in [1.54, 1.807) is 0 Å². The van der Waals surface area contributed by atoms with Gasteiger partial charge >= 0.3 is 0 Å². The fourth-order valence-corrected chi connectivity index (χ4v) is 8.73. The number of anilines is 1. The van der Waals surface area contributed by atoms with Crippen LogP contribution in [0.1, 0.15) is 83.5 Å². The minimum absolute atomic E-state index is 0.0227. The molecule has 47 heavy (non-hydrogen) atoms. The third kappa shape index (κ3) is 8.61. The molecule has 1 aromatic rings. The summed E-state index contributed by atoms with van der Waals surface area (Å²) < 4.78 is 9.66. The van der Waals surface area contributed by atoms with Crippen molar-refractivity contribution in [1.29, 1.82) is 0 Å². The number of aliphatic hydroxyl groups excluding tert-OH is 1. The smallest absolute Gasteiger partial charge is 0.261 e. The van der Waals surface area contributed by atoms with Gasteiger partial charge in [0.1, 0.15) is 5.75 Å². The Balaban J connectivity index is 1.53. The highest BCUT2D eigenvalue weighted by Gasteiger charge is 2.47. The molecule has 3 N–H and O–H groups in total. The Bertz CT molecular complexity index is 1330. The highest BCUT2D eigenvalue weighted by molar-refractivity contribution is 7.98. The number of carbonyl (C=O) groups excluding carboxylic acids is 1. The average Bonchev–Trinajstić information content (AvgIpc) is 3.20. The van der Waals surface area contributed by atoms with Gasteiger partial charge in [0.15, 0.2) is 0 Å². The Kier molecular flexibility index (Phi) is 12.5. The number of allylic oxidation sites excluding steroid dienone is 4. The SMILES string of the molecule is CCCC1=C(C2COc3ccc4cc3N(C2)CC2CCC2[C@](O)(CN(CCO)C(C)C)/C=C/CC(C)C(C)SNC4=O)C=CC(Cl)C1. The zero-order chi connectivity index (χ0) is 33.7. The van der Waals surface area contributed by atoms with Crippen LogP contribution >= 0.6 is 23.5 Å². The number of aliphatic hydroxyl groups is 2. The Morgan fingerprint density at radius 3 is 2.74 bits per heavy atom. The predicted molar refractivity (Wildman–Crippen MR) is 195 cm³/mol. The molecule has 1 fully saturated rings. The highest BCUT2D eigenvalue weighted by atomic mass is 35.5. The van der Waals surface area contributed by atoms with E-state index in [9.17, 15) is 15.0 Å². The number of nitrogens with zero attached hydrogens (tertiary/aromatic N) is 2. The molecule has 4 aliphatic rings. The van der Waals surface area contributed by atoms with E-state index in [0.29, 0.717) is 31.2 Å². The largest absolute Gasteiger partial charge is 0.491 e. The lowest BCUT2D eigenvalue weighted by Crippen LogP contribution is -2.56. The zero-order valence-corrected chi connectivity index (χ0v) is 30.5. The summed E-state index contributed by atoms with van der Waals surface area (Å²) in [6, 6.07) is 6.04. The molecule has 1 aromatic carbocycles. The summed E-state index contributed by atoms with van der Waals surface area (Å²) >= 11 is 8.06. The van der Waals surface area contributed by atoms with E-state index < -0.39 is 5.60 Å². The fraction of sp³-hybridized carbons (Fsp3) is 0.658. The van der Waals surface area contributed by atoms with Gasteiger partial charge in [0, 0.05) is 49.0 Å². The van der Waals surface area contributed by atoms with Gasteiger partial charge in [-0.2, -0.15) is 0 Å². The van der Waals surface area contributed by atoms with Gasteiger partial charge in [-0.05, 0) is 99.4 Å². The van der Waals surface area contributed by atoms with Crippen molar-refractivity contribution in [3.05, 3.63) is 59.2 Å². The van der Waals surface area contributed by atoms with E-state index in [0.717, 1.165) is 63.1 Å². The normalized spacial score (nSPS) is 32.4. The second-order valence-corrected chi connectivity index (χ2v) is 16.3. The van der Waals surface area contributed by atoms with Gasteiger partial charge in [-0.25, -0.2) is 0 Å². The maximum Gasteiger partial charge on any atom is 0.261 e. The maximum atomic E-state index is 13.4. The first-order valence-electron chi connectivity index (χ1n) is 17.8. The van der Waals surface area contributed by atoms with Crippen LogP contribution in [0.2, 0.25) is 0 Å². The first kappa shape index (κ1) is 36.3. The number of halogens is 1. The molecular weight excluding hydrogens is 630 g/mol. The number of amides is 1. The molecule has 2 aliphatic carbocycles. The molecule has 0 radical (unpaired) electrons. The van der Waals surface area contributed by atoms with E-state index in [2.05, 4.69) is 73.4 Å². The summed E-state index contributed by atoms with van der Waals surface area (Å²) in [6.07, 6.45) is 14.3. The van der Waals surface area contributed by atoms with Gasteiger partial charge in [-0.3, -0.25) is 14.4 Å². The van der Waals surface area contributed by atoms with Crippen molar-refractivity contribution in [1.82, 2.24) is 9.62 Å². The molecule has 260 valence electrons. The van der Waals surface area contributed by atoms with Crippen molar-refractivity contribution in [2.45, 2.75) is 95.4 Å². The lowest BCUT2D eigenvalue weighted by Gasteiger charge is -2.50. The van der Waals surface area contributed by atoms with Gasteiger partial charge < -0.3 is 19.8 Å². The quantitative estimate of drug-likeness (QED) is 0.155. The van der Waals surface area contributed by atoms with E-state index in [1.807, 2.05) is 18.2 Å². The number of fused-ring (bicyclic) bond motifs is 2. The summed E-state index contributed by atoms with van der Waals surface area (Å²) in [6.45, 7) is 14.0. The van der Waals surface area contributed by atoms with Crippen LogP contribution in [-0.2, 0) is 0 Å². The average molecular weight is 686 g/mol. The number of benzene rings is 1. The number of nitrogens with one attached hydrogen (secondary N) is 1. The van der Waals surface area contributed by atoms with Gasteiger partial charge in [0.05, 0.1) is 29.9 Å². The number of hydrogen-bond acceptors (Lipinski definition) is 7. The van der Waals surface area contributed by atoms with Crippen LogP contribution in [0.15, 0.2) is 53.6 Å². The first-order chi connectivity index (χ1) is 22.5. The zero-order valence-electron chi connectivity index (χ0n) is 29.0. The summed E-state index contributed by atoms with van der Waals surface area (Å²) in [5.74, 6) is 1.50. The Morgan fingerprint density at radius 1 is 1.23 bits per heavy atom. The van der Waals surface area contributed by atoms with Crippen molar-refractivity contribution < 1.29 is 19.7 Å². The summed E-state index contributed by atoms with van der Waals surface area (Å²) in [4.78, 5) is 18.1. The third-order valence-electron chi connectivity index (χ3n) is 10.9. The van der Waals surface area contributed by atoms with Crippen molar-refractivity contribution in [2.75, 3.05) is 44.3 Å². The summed E-state index contributed by atoms with van der Waals surface area (Å²) in [7, 11) is 0. The topological polar surface area (TPSA) is 85.3 Å². The number of rotatable bonds is 8. The van der Waals surface area contributed by atoms with Crippen molar-refractivity contribution >= 4 is 35.1 Å². The molecule has 0 aromatic heterocycles. The van der Waals surface area contributed by atoms with Crippen molar-refractivity contribution in [3.63, 3.8) is 0 Å². The van der Waals surface area contributed by atoms with Crippen molar-refractivity contribution in [3.8, 4) is 5.75 Å². The summed E-state index contributed by atoms with van der Waals surface area (Å²) in [5, 5.41) is 22.6. The van der Waals surface area contributed by atoms with Crippen LogP contribution in [-0.4, -0.2) is 82.7 Å². The monoisotopic (exact) mass is 685 g/mol. The van der Waals surface area contributed by atoms with Crippen LogP contribution in [0.25, 0.3) is 0 Å². The van der Waals surface area contributed by atoms with Crippen LogP contribution in [0, 0.1) is 23.7 Å². The van der Waals surface area contributed by atoms with Gasteiger partial charge in [0.25, 0.3) is 5.91 Å². The molecule has 1 saturated carbocycles. The Hall–Kier alpha value is -1.97. The molecule has 6 unspecified atom stereocenters. The van der Waals surface area contributed by atoms with Gasteiger partial charge in [-0.15, -0.1) is 11.6 Å². The van der Waals surface area contributed by atoms with Gasteiger partial charge in [-0.1, -0.05) is 57.1 Å². The molecular formula is C38H56ClN3O4S. The van der Waals surface area contributed by atoms with Crippen LogP contribution in [0.5, 0.6) is 5.75 Å². The standard InChI is InChI=1S/C38H56ClN3O4S/c1-6-8-28-19-32(39)12-13-33(28)31-22-42-21-30-10-14-34(30)38(45,24-41(17-18-43)25(2)3)16-7-9-26(4)27(5)47-40-37(44)29-11-15-36(46-23-31)35(42)20-29/h7,11-13,15-16,20,25-27,30-32,34,43,45H,6,8-10,14,17-19,21-24H2,1-5H3,(H,40,44)/b16-7+/t26?,27?,30?,31?,32?,34?,38-/m1/s1. The minimum Gasteiger partial charge on any atom is -0.491 e. The maximum absolute atomic E-state index is 13.4. The molecule has 5 rings (SSSR count). The molecule has 9 heteroatoms. The fourth-order valence-electron chi connectivity index (χ4n) is 7.71. The molecule has 2 aliphatic heterocycles. The molecule has 2 heterocycles. The molecule has 1 amide bonds. The molecule has 0 saturated heterocycles. The molecule has 0 spiro atoms. The van der Waals surface area contributed by atoms with E-state index in [-0.39, 0.29) is 46.9 Å². The number of carbonyl (C=O) groups is 1. The predicted octanol–water partition coefficient (Wildman–Crippen LogP) is 6.99. The first-order valence-corrected chi connectivity index (χ1v) is 19.1. The molecule has 7 atom stereocenters. The third-order valence-corrected chi connectivity index (χ3v) is 12.3. The van der Waals surface area contributed by atoms with E-state index in [4.69, 9.17) is 16.3 Å². The second-order valence-electron chi connectivity index (χ2n) is 14.6. The number of hydrogen-bond donors (Lipinski definition) is 3. The molecule has 7 nitrogen and oxygen atoms in total. The minimum atomic E-state index is -1.02. The van der Waals surface area contributed by atoms with Gasteiger partial charge in [0.2, 0.25) is 0 Å². The van der Waals surface area contributed by atoms with Crippen LogP contribution in [0.3, 0.4) is 0 Å². The lowest BCUT2D eigenvalue weighted by molar-refractivity contribution is -0.0706. The van der Waals surface area contributed by atoms with Crippen LogP contribution in [0.4, 0.5) is 5.69 Å². The highest BCUT2D eigenvalue weighted by Crippen LogP contribution is 2.46. The Morgan fingerprint density at radius 2 is 2.04 bits per heavy atom.